The molecule has 0 bridgehead atoms. The first-order chi connectivity index (χ1) is 10.3. The number of hydrogen-bond donors (Lipinski definition) is 1. The van der Waals surface area contributed by atoms with Crippen molar-refractivity contribution in [1.29, 1.82) is 0 Å². The lowest BCUT2D eigenvalue weighted by Crippen LogP contribution is -1.89. The maximum absolute atomic E-state index is 3.49. The van der Waals surface area contributed by atoms with Gasteiger partial charge in [0.05, 0.1) is 0 Å². The van der Waals surface area contributed by atoms with Gasteiger partial charge in [-0.1, -0.05) is 64.5 Å². The van der Waals surface area contributed by atoms with Gasteiger partial charge >= 0.3 is 0 Å². The van der Waals surface area contributed by atoms with Gasteiger partial charge < -0.3 is 0 Å². The summed E-state index contributed by atoms with van der Waals surface area (Å²) in [5, 5.41) is 1.01. The van der Waals surface area contributed by atoms with Crippen LogP contribution in [0.15, 0.2) is 48.5 Å². The van der Waals surface area contributed by atoms with E-state index in [0.717, 1.165) is 11.8 Å². The Morgan fingerprint density at radius 3 is 2.38 bits per heavy atom. The fourth-order valence-electron chi connectivity index (χ4n) is 2.32. The van der Waals surface area contributed by atoms with Crippen molar-refractivity contribution in [2.24, 2.45) is 0 Å². The average Bonchev–Trinajstić information content (AvgIpc) is 2.98. The van der Waals surface area contributed by atoms with Gasteiger partial charge in [0.25, 0.3) is 0 Å². The molecule has 2 aromatic carbocycles. The molecule has 0 saturated carbocycles. The lowest BCUT2D eigenvalue weighted by Gasteiger charge is -2.08. The van der Waals surface area contributed by atoms with Crippen LogP contribution in [-0.2, 0) is 6.42 Å². The van der Waals surface area contributed by atoms with E-state index in [1.165, 1.54) is 32.1 Å². The molecular weight excluding hydrogens is 362 g/mol. The smallest absolute Gasteiger partial charge is 0.0466 e. The monoisotopic (exact) mass is 377 g/mol. The number of rotatable bonds is 4. The standard InChI is InChI=1S/C17H16BrNS2/c1-12-4-2-3-5-15(12)17-16(20-19-21-17)14-8-6-13(7-9-14)10-11-18/h2-9,19H,10-11H2,1H3. The van der Waals surface area contributed by atoms with Gasteiger partial charge in [0.15, 0.2) is 0 Å². The fourth-order valence-corrected chi connectivity index (χ4v) is 4.87. The molecule has 1 nitrogen and oxygen atoms in total. The van der Waals surface area contributed by atoms with Gasteiger partial charge in [-0.3, -0.25) is 0 Å². The molecule has 4 heteroatoms. The zero-order chi connectivity index (χ0) is 14.7. The maximum atomic E-state index is 3.49. The van der Waals surface area contributed by atoms with Crippen LogP contribution in [0.2, 0.25) is 0 Å². The summed E-state index contributed by atoms with van der Waals surface area (Å²) < 4.78 is 3.34. The normalized spacial score (nSPS) is 14.8. The highest BCUT2D eigenvalue weighted by molar-refractivity contribution is 9.09. The van der Waals surface area contributed by atoms with Gasteiger partial charge in [0.1, 0.15) is 0 Å². The Balaban J connectivity index is 1.99. The molecule has 2 aromatic rings. The van der Waals surface area contributed by atoms with Gasteiger partial charge in [-0.25, -0.2) is 0 Å². The average molecular weight is 378 g/mol. The molecule has 1 heterocycles. The van der Waals surface area contributed by atoms with E-state index < -0.39 is 0 Å². The molecule has 1 N–H and O–H groups in total. The van der Waals surface area contributed by atoms with Crippen LogP contribution >= 0.6 is 39.8 Å². The van der Waals surface area contributed by atoms with Gasteiger partial charge in [0, 0.05) is 15.1 Å². The third-order valence-electron chi connectivity index (χ3n) is 3.48. The molecule has 1 aliphatic rings. The second-order valence-corrected chi connectivity index (χ2v) is 7.58. The lowest BCUT2D eigenvalue weighted by atomic mass is 10.1. The summed E-state index contributed by atoms with van der Waals surface area (Å²) in [6.07, 6.45) is 1.07. The van der Waals surface area contributed by atoms with Crippen LogP contribution in [-0.4, -0.2) is 5.33 Å². The first-order valence-corrected chi connectivity index (χ1v) is 9.59. The SMILES string of the molecule is Cc1ccccc1C1=C(c2ccc(CCBr)cc2)SNS1. The van der Waals surface area contributed by atoms with Crippen LogP contribution in [0.5, 0.6) is 0 Å². The number of aryl methyl sites for hydroxylation is 2. The van der Waals surface area contributed by atoms with Gasteiger partial charge in [0.2, 0.25) is 0 Å². The number of nitrogens with one attached hydrogen (secondary N) is 1. The van der Waals surface area contributed by atoms with Crippen molar-refractivity contribution in [2.75, 3.05) is 5.33 Å². The number of halogens is 1. The van der Waals surface area contributed by atoms with Crippen molar-refractivity contribution in [3.63, 3.8) is 0 Å². The van der Waals surface area contributed by atoms with Crippen molar-refractivity contribution in [3.8, 4) is 0 Å². The van der Waals surface area contributed by atoms with Crippen molar-refractivity contribution >= 4 is 49.6 Å². The van der Waals surface area contributed by atoms with E-state index in [-0.39, 0.29) is 0 Å². The predicted molar refractivity (Wildman–Crippen MR) is 100 cm³/mol. The second-order valence-electron chi connectivity index (χ2n) is 4.90. The first kappa shape index (κ1) is 15.2. The van der Waals surface area contributed by atoms with Crippen LogP contribution in [0.25, 0.3) is 9.81 Å². The van der Waals surface area contributed by atoms with Crippen molar-refractivity contribution in [2.45, 2.75) is 13.3 Å². The highest BCUT2D eigenvalue weighted by Crippen LogP contribution is 2.47. The summed E-state index contributed by atoms with van der Waals surface area (Å²) in [7, 11) is 0. The lowest BCUT2D eigenvalue weighted by molar-refractivity contribution is 1.17. The molecule has 0 aliphatic carbocycles. The number of hydrogen-bond acceptors (Lipinski definition) is 3. The highest BCUT2D eigenvalue weighted by Gasteiger charge is 2.20. The van der Waals surface area contributed by atoms with E-state index in [1.807, 2.05) is 0 Å². The summed E-state index contributed by atoms with van der Waals surface area (Å²) in [6.45, 7) is 2.17. The zero-order valence-electron chi connectivity index (χ0n) is 11.7. The molecule has 0 atom stereocenters. The minimum Gasteiger partial charge on any atom is -0.199 e. The largest absolute Gasteiger partial charge is 0.199 e. The van der Waals surface area contributed by atoms with Crippen LogP contribution < -0.4 is 4.13 Å². The van der Waals surface area contributed by atoms with Crippen LogP contribution in [0.4, 0.5) is 0 Å². The molecule has 0 aromatic heterocycles. The molecule has 21 heavy (non-hydrogen) atoms. The molecule has 108 valence electrons. The number of benzene rings is 2. The van der Waals surface area contributed by atoms with E-state index in [2.05, 4.69) is 75.5 Å². The van der Waals surface area contributed by atoms with Crippen molar-refractivity contribution in [1.82, 2.24) is 4.13 Å². The predicted octanol–water partition coefficient (Wildman–Crippen LogP) is 5.66. The van der Waals surface area contributed by atoms with Gasteiger partial charge in [-0.05, 0) is 59.5 Å². The molecule has 0 unspecified atom stereocenters. The van der Waals surface area contributed by atoms with Crippen LogP contribution in [0.3, 0.4) is 0 Å². The van der Waals surface area contributed by atoms with Crippen molar-refractivity contribution < 1.29 is 0 Å². The summed E-state index contributed by atoms with van der Waals surface area (Å²) in [5.41, 5.74) is 5.29. The van der Waals surface area contributed by atoms with Gasteiger partial charge in [-0.2, -0.15) is 4.13 Å². The van der Waals surface area contributed by atoms with Gasteiger partial charge in [-0.15, -0.1) is 0 Å². The van der Waals surface area contributed by atoms with E-state index in [0.29, 0.717) is 0 Å². The summed E-state index contributed by atoms with van der Waals surface area (Å²) in [4.78, 5) is 2.64. The minimum atomic E-state index is 1.01. The highest BCUT2D eigenvalue weighted by atomic mass is 79.9. The molecule has 0 amide bonds. The molecule has 0 fully saturated rings. The molecule has 3 rings (SSSR count). The quantitative estimate of drug-likeness (QED) is 0.545. The zero-order valence-corrected chi connectivity index (χ0v) is 14.9. The maximum Gasteiger partial charge on any atom is 0.0466 e. The summed E-state index contributed by atoms with van der Waals surface area (Å²) >= 11 is 6.91. The topological polar surface area (TPSA) is 12.0 Å². The van der Waals surface area contributed by atoms with Crippen molar-refractivity contribution in [3.05, 3.63) is 70.8 Å². The third kappa shape index (κ3) is 3.39. The molecule has 0 saturated heterocycles. The summed E-state index contributed by atoms with van der Waals surface area (Å²) in [5.74, 6) is 0. The minimum absolute atomic E-state index is 1.01. The fraction of sp³-hybridized carbons (Fsp3) is 0.176. The molecular formula is C17H16BrNS2. The Labute approximate surface area is 143 Å². The Hall–Kier alpha value is -0.680. The van der Waals surface area contributed by atoms with E-state index in [9.17, 15) is 0 Å². The third-order valence-corrected chi connectivity index (χ3v) is 5.95. The Morgan fingerprint density at radius 1 is 0.952 bits per heavy atom. The number of alkyl halides is 1. The Morgan fingerprint density at radius 2 is 1.67 bits per heavy atom. The molecule has 1 aliphatic heterocycles. The summed E-state index contributed by atoms with van der Waals surface area (Å²) in [6, 6.07) is 17.5. The first-order valence-electron chi connectivity index (χ1n) is 6.84. The Bertz CT molecular complexity index is 665. The van der Waals surface area contributed by atoms with Crippen LogP contribution in [0.1, 0.15) is 22.3 Å². The van der Waals surface area contributed by atoms with Crippen LogP contribution in [0, 0.1) is 6.92 Å². The molecule has 0 radical (unpaired) electrons. The second kappa shape index (κ2) is 7.05. The Kier molecular flexibility index (Phi) is 5.11. The van der Waals surface area contributed by atoms with E-state index in [4.69, 9.17) is 0 Å². The van der Waals surface area contributed by atoms with E-state index >= 15 is 0 Å². The van der Waals surface area contributed by atoms with E-state index in [1.54, 1.807) is 23.9 Å². The molecule has 0 spiro atoms.